The van der Waals surface area contributed by atoms with Crippen molar-refractivity contribution in [2.75, 3.05) is 49.1 Å². The van der Waals surface area contributed by atoms with Gasteiger partial charge in [-0.05, 0) is 31.9 Å². The molecule has 0 radical (unpaired) electrons. The number of hydrogen-bond donors (Lipinski definition) is 0. The number of halogens is 3. The Morgan fingerprint density at radius 3 is 2.06 bits per heavy atom. The predicted molar refractivity (Wildman–Crippen MR) is 112 cm³/mol. The first-order valence-electron chi connectivity index (χ1n) is 10.3. The van der Waals surface area contributed by atoms with Crippen LogP contribution in [-0.2, 0) is 10.0 Å². The molecule has 2 aromatic rings. The van der Waals surface area contributed by atoms with E-state index in [9.17, 15) is 21.6 Å². The second-order valence-electron chi connectivity index (χ2n) is 7.71. The molecule has 1 aromatic carbocycles. The van der Waals surface area contributed by atoms with E-state index in [2.05, 4.69) is 19.6 Å². The van der Waals surface area contributed by atoms with Gasteiger partial charge in [0.15, 0.2) is 0 Å². The summed E-state index contributed by atoms with van der Waals surface area (Å²) in [6.07, 6.45) is -2.74. The lowest BCUT2D eigenvalue weighted by molar-refractivity contribution is -0.275. The third kappa shape index (κ3) is 4.90. The first-order chi connectivity index (χ1) is 15.1. The molecule has 0 unspecified atom stereocenters. The lowest BCUT2D eigenvalue weighted by Gasteiger charge is -2.35. The van der Waals surface area contributed by atoms with Crippen molar-refractivity contribution in [2.45, 2.75) is 31.0 Å². The van der Waals surface area contributed by atoms with Crippen LogP contribution in [0.15, 0.2) is 35.2 Å². The largest absolute Gasteiger partial charge is 0.573 e. The molecule has 2 saturated heterocycles. The van der Waals surface area contributed by atoms with Gasteiger partial charge in [0.1, 0.15) is 28.1 Å². The van der Waals surface area contributed by atoms with Gasteiger partial charge in [0.2, 0.25) is 10.0 Å². The Morgan fingerprint density at radius 1 is 0.906 bits per heavy atom. The second kappa shape index (κ2) is 8.74. The summed E-state index contributed by atoms with van der Waals surface area (Å²) in [6, 6.07) is 6.71. The van der Waals surface area contributed by atoms with Gasteiger partial charge >= 0.3 is 6.36 Å². The predicted octanol–water partition coefficient (Wildman–Crippen LogP) is 2.79. The van der Waals surface area contributed by atoms with Crippen LogP contribution < -0.4 is 14.5 Å². The SMILES string of the molecule is Cc1nc(N2CCCC2)cc(N2CCN(S(=O)(=O)c3ccccc3OC(F)(F)F)CC2)n1. The van der Waals surface area contributed by atoms with Crippen molar-refractivity contribution >= 4 is 21.7 Å². The molecule has 0 bridgehead atoms. The van der Waals surface area contributed by atoms with Crippen LogP contribution >= 0.6 is 0 Å². The number of benzene rings is 1. The Morgan fingerprint density at radius 2 is 1.47 bits per heavy atom. The van der Waals surface area contributed by atoms with Crippen LogP contribution in [0.5, 0.6) is 5.75 Å². The quantitative estimate of drug-likeness (QED) is 0.664. The smallest absolute Gasteiger partial charge is 0.404 e. The van der Waals surface area contributed by atoms with Crippen molar-refractivity contribution in [2.24, 2.45) is 0 Å². The molecule has 0 N–H and O–H groups in total. The van der Waals surface area contributed by atoms with E-state index in [0.29, 0.717) is 18.9 Å². The molecule has 2 aliphatic rings. The molecule has 12 heteroatoms. The maximum absolute atomic E-state index is 13.0. The molecule has 174 valence electrons. The average molecular weight is 472 g/mol. The van der Waals surface area contributed by atoms with E-state index in [0.717, 1.165) is 49.7 Å². The second-order valence-corrected chi connectivity index (χ2v) is 9.62. The standard InChI is InChI=1S/C20H24F3N5O3S/c1-15-24-18(26-8-4-5-9-26)14-19(25-15)27-10-12-28(13-11-27)32(29,30)17-7-3-2-6-16(17)31-20(21,22)23/h2-3,6-7,14H,4-5,8-13H2,1H3. The summed E-state index contributed by atoms with van der Waals surface area (Å²) in [4.78, 5) is 12.7. The number of anilines is 2. The van der Waals surface area contributed by atoms with Crippen LogP contribution in [-0.4, -0.2) is 68.3 Å². The number of para-hydroxylation sites is 1. The highest BCUT2D eigenvalue weighted by atomic mass is 32.2. The number of aromatic nitrogens is 2. The van der Waals surface area contributed by atoms with Gasteiger partial charge in [-0.25, -0.2) is 18.4 Å². The Bertz CT molecular complexity index is 1070. The van der Waals surface area contributed by atoms with Gasteiger partial charge in [0, 0.05) is 45.3 Å². The lowest BCUT2D eigenvalue weighted by atomic mass is 10.3. The minimum atomic E-state index is -4.98. The third-order valence-electron chi connectivity index (χ3n) is 5.50. The summed E-state index contributed by atoms with van der Waals surface area (Å²) in [5.41, 5.74) is 0. The number of sulfonamides is 1. The third-order valence-corrected chi connectivity index (χ3v) is 7.43. The molecule has 4 rings (SSSR count). The van der Waals surface area contributed by atoms with E-state index in [4.69, 9.17) is 0 Å². The van der Waals surface area contributed by atoms with Crippen molar-refractivity contribution in [3.63, 3.8) is 0 Å². The number of alkyl halides is 3. The molecule has 3 heterocycles. The van der Waals surface area contributed by atoms with Crippen molar-refractivity contribution in [3.8, 4) is 5.75 Å². The minimum Gasteiger partial charge on any atom is -0.404 e. The van der Waals surface area contributed by atoms with Gasteiger partial charge in [0.05, 0.1) is 0 Å². The van der Waals surface area contributed by atoms with Gasteiger partial charge < -0.3 is 14.5 Å². The topological polar surface area (TPSA) is 78.9 Å². The Kier molecular flexibility index (Phi) is 6.17. The number of hydrogen-bond acceptors (Lipinski definition) is 7. The molecule has 0 saturated carbocycles. The fourth-order valence-electron chi connectivity index (χ4n) is 3.98. The number of aryl methyl sites for hydroxylation is 1. The van der Waals surface area contributed by atoms with Crippen molar-refractivity contribution in [1.29, 1.82) is 0 Å². The van der Waals surface area contributed by atoms with E-state index in [1.165, 1.54) is 16.4 Å². The van der Waals surface area contributed by atoms with E-state index < -0.39 is 27.0 Å². The number of rotatable bonds is 5. The summed E-state index contributed by atoms with van der Waals surface area (Å²) < 4.78 is 69.4. The number of ether oxygens (including phenoxy) is 1. The molecule has 2 aliphatic heterocycles. The van der Waals surface area contributed by atoms with E-state index >= 15 is 0 Å². The van der Waals surface area contributed by atoms with Crippen molar-refractivity contribution < 1.29 is 26.3 Å². The Hall–Kier alpha value is -2.60. The number of nitrogens with zero attached hydrogens (tertiary/aromatic N) is 5. The van der Waals surface area contributed by atoms with Gasteiger partial charge in [-0.15, -0.1) is 13.2 Å². The first-order valence-corrected chi connectivity index (χ1v) is 11.8. The molecular formula is C20H24F3N5O3S. The maximum atomic E-state index is 13.0. The summed E-state index contributed by atoms with van der Waals surface area (Å²) in [7, 11) is -4.16. The normalized spacial score (nSPS) is 18.2. The van der Waals surface area contributed by atoms with Crippen LogP contribution in [0.25, 0.3) is 0 Å². The van der Waals surface area contributed by atoms with Crippen molar-refractivity contribution in [1.82, 2.24) is 14.3 Å². The first kappa shape index (κ1) is 22.6. The summed E-state index contributed by atoms with van der Waals surface area (Å²) in [5.74, 6) is 1.48. The molecule has 0 amide bonds. The summed E-state index contributed by atoms with van der Waals surface area (Å²) >= 11 is 0. The molecule has 0 spiro atoms. The van der Waals surface area contributed by atoms with Gasteiger partial charge in [-0.1, -0.05) is 12.1 Å². The zero-order valence-corrected chi connectivity index (χ0v) is 18.4. The van der Waals surface area contributed by atoms with Gasteiger partial charge in [0.25, 0.3) is 0 Å². The fraction of sp³-hybridized carbons (Fsp3) is 0.500. The van der Waals surface area contributed by atoms with Crippen LogP contribution in [0.3, 0.4) is 0 Å². The zero-order chi connectivity index (χ0) is 22.9. The zero-order valence-electron chi connectivity index (χ0n) is 17.5. The van der Waals surface area contributed by atoms with Crippen LogP contribution in [0, 0.1) is 6.92 Å². The van der Waals surface area contributed by atoms with E-state index in [1.54, 1.807) is 0 Å². The molecule has 2 fully saturated rings. The van der Waals surface area contributed by atoms with Crippen LogP contribution in [0.1, 0.15) is 18.7 Å². The molecule has 0 atom stereocenters. The summed E-state index contributed by atoms with van der Waals surface area (Å²) in [6.45, 7) is 4.66. The lowest BCUT2D eigenvalue weighted by Crippen LogP contribution is -2.49. The number of piperazine rings is 1. The van der Waals surface area contributed by atoms with E-state index in [-0.39, 0.29) is 13.1 Å². The van der Waals surface area contributed by atoms with Gasteiger partial charge in [-0.3, -0.25) is 0 Å². The molecule has 1 aromatic heterocycles. The molecular weight excluding hydrogens is 447 g/mol. The Balaban J connectivity index is 1.50. The van der Waals surface area contributed by atoms with Gasteiger partial charge in [-0.2, -0.15) is 4.31 Å². The highest BCUT2D eigenvalue weighted by Crippen LogP contribution is 2.32. The highest BCUT2D eigenvalue weighted by molar-refractivity contribution is 7.89. The molecule has 32 heavy (non-hydrogen) atoms. The Labute approximate surface area is 184 Å². The van der Waals surface area contributed by atoms with E-state index in [1.807, 2.05) is 17.9 Å². The average Bonchev–Trinajstić information content (AvgIpc) is 3.27. The summed E-state index contributed by atoms with van der Waals surface area (Å²) in [5, 5.41) is 0. The molecule has 0 aliphatic carbocycles. The highest BCUT2D eigenvalue weighted by Gasteiger charge is 2.36. The van der Waals surface area contributed by atoms with Crippen LogP contribution in [0.2, 0.25) is 0 Å². The van der Waals surface area contributed by atoms with Crippen LogP contribution in [0.4, 0.5) is 24.8 Å². The molecule has 8 nitrogen and oxygen atoms in total. The minimum absolute atomic E-state index is 0.116. The monoisotopic (exact) mass is 471 g/mol. The fourth-order valence-corrected chi connectivity index (χ4v) is 5.51. The maximum Gasteiger partial charge on any atom is 0.573 e. The van der Waals surface area contributed by atoms with Crippen molar-refractivity contribution in [3.05, 3.63) is 36.2 Å².